The molecule has 0 atom stereocenters. The molecule has 0 aliphatic carbocycles. The summed E-state index contributed by atoms with van der Waals surface area (Å²) in [7, 11) is 0. The molecule has 1 radical (unpaired) electrons. The number of thiophene rings is 1. The maximum absolute atomic E-state index is 9.26. The van der Waals surface area contributed by atoms with E-state index in [1.165, 1.54) is 15.8 Å². The van der Waals surface area contributed by atoms with E-state index in [-0.39, 0.29) is 20.1 Å². The number of hydrogen-bond acceptors (Lipinski definition) is 4. The maximum atomic E-state index is 9.26. The first kappa shape index (κ1) is 32.8. The van der Waals surface area contributed by atoms with Crippen molar-refractivity contribution in [2.75, 3.05) is 0 Å². The second-order valence-corrected chi connectivity index (χ2v) is 14.9. The van der Waals surface area contributed by atoms with Gasteiger partial charge >= 0.3 is 0 Å². The number of hydrogen-bond donors (Lipinski definition) is 0. The van der Waals surface area contributed by atoms with E-state index in [1.807, 2.05) is 94.7 Å². The van der Waals surface area contributed by atoms with E-state index in [4.69, 9.17) is 9.40 Å². The van der Waals surface area contributed by atoms with Gasteiger partial charge in [-0.25, -0.2) is 0 Å². The van der Waals surface area contributed by atoms with Crippen molar-refractivity contribution in [1.82, 2.24) is 9.97 Å². The third-order valence-electron chi connectivity index (χ3n) is 8.52. The number of benzene rings is 4. The third-order valence-corrected chi connectivity index (χ3v) is 9.59. The van der Waals surface area contributed by atoms with Gasteiger partial charge in [0.25, 0.3) is 0 Å². The van der Waals surface area contributed by atoms with Crippen LogP contribution < -0.4 is 0 Å². The van der Waals surface area contributed by atoms with Gasteiger partial charge in [-0.15, -0.1) is 65.4 Å². The van der Waals surface area contributed by atoms with Crippen LogP contribution in [0.25, 0.3) is 65.7 Å². The fraction of sp³-hybridized carbons (Fsp3) is 0.200. The maximum Gasteiger partial charge on any atom is 0.138 e. The molecule has 8 rings (SSSR count). The van der Waals surface area contributed by atoms with Crippen LogP contribution in [0, 0.1) is 45.2 Å². The zero-order valence-electron chi connectivity index (χ0n) is 31.4. The van der Waals surface area contributed by atoms with Crippen LogP contribution in [0.3, 0.4) is 0 Å². The average Bonchev–Trinajstić information content (AvgIpc) is 3.69. The van der Waals surface area contributed by atoms with E-state index in [0.717, 1.165) is 65.7 Å². The fourth-order valence-electron chi connectivity index (χ4n) is 6.33. The molecular weight excluding hydrogens is 809 g/mol. The van der Waals surface area contributed by atoms with Gasteiger partial charge in [0.2, 0.25) is 0 Å². The second kappa shape index (κ2) is 14.4. The molecule has 0 N–H and O–H groups in total. The van der Waals surface area contributed by atoms with Crippen LogP contribution in [0.15, 0.2) is 108 Å². The normalized spacial score (nSPS) is 12.3. The van der Waals surface area contributed by atoms with Gasteiger partial charge in [0.05, 0.1) is 10.3 Å². The molecule has 0 aliphatic heterocycles. The van der Waals surface area contributed by atoms with E-state index in [1.54, 1.807) is 11.3 Å². The van der Waals surface area contributed by atoms with E-state index >= 15 is 0 Å². The minimum atomic E-state index is -1.61. The number of furan rings is 1. The summed E-state index contributed by atoms with van der Waals surface area (Å²) in [5, 5.41) is 3.27. The van der Waals surface area contributed by atoms with Gasteiger partial charge in [0.15, 0.2) is 0 Å². The second-order valence-electron chi connectivity index (χ2n) is 13.7. The Labute approximate surface area is 315 Å². The molecule has 4 heterocycles. The van der Waals surface area contributed by atoms with Crippen LogP contribution in [0.1, 0.15) is 50.6 Å². The van der Waals surface area contributed by atoms with E-state index < -0.39 is 11.8 Å². The summed E-state index contributed by atoms with van der Waals surface area (Å²) in [5.41, 5.74) is 10.3. The van der Waals surface area contributed by atoms with Crippen LogP contribution in [0.4, 0.5) is 0 Å². The van der Waals surface area contributed by atoms with Crippen molar-refractivity contribution in [1.29, 1.82) is 0 Å². The van der Waals surface area contributed by atoms with Gasteiger partial charge in [0, 0.05) is 51.1 Å². The molecule has 253 valence electrons. The molecule has 0 unspecified atom stereocenters. The smallest absolute Gasteiger partial charge is 0.138 e. The van der Waals surface area contributed by atoms with Gasteiger partial charge in [-0.1, -0.05) is 80.3 Å². The first-order valence-corrected chi connectivity index (χ1v) is 17.4. The summed E-state index contributed by atoms with van der Waals surface area (Å²) in [6, 6.07) is 37.0. The van der Waals surface area contributed by atoms with Crippen molar-refractivity contribution in [3.8, 4) is 33.6 Å². The summed E-state index contributed by atoms with van der Waals surface area (Å²) in [4.78, 5) is 10.5. The van der Waals surface area contributed by atoms with Crippen LogP contribution in [-0.2, 0) is 26.5 Å². The number of aromatic nitrogens is 2. The Bertz CT molecular complexity index is 2510. The van der Waals surface area contributed by atoms with Gasteiger partial charge in [-0.05, 0) is 90.1 Å². The molecule has 0 aliphatic rings. The molecule has 4 aromatic carbocycles. The molecule has 4 aromatic heterocycles. The van der Waals surface area contributed by atoms with Crippen molar-refractivity contribution in [2.45, 2.75) is 54.8 Å². The number of pyridine rings is 2. The molecule has 3 nitrogen and oxygen atoms in total. The minimum absolute atomic E-state index is 0. The predicted molar refractivity (Wildman–Crippen MR) is 207 cm³/mol. The molecule has 0 amide bonds. The molecule has 8 aromatic rings. The SMILES string of the molecule is Cc1ccc(-c2[c-]cccc2)nc1.[2H]C([2H])(c1cc(-c2[c-]ccc3c2oc2c3ccc3cc(C)sc32)ncc1-c1c(C)cccc1C)C(C)(C)C.[Ir]. The van der Waals surface area contributed by atoms with Gasteiger partial charge in [-0.2, -0.15) is 0 Å². The minimum Gasteiger partial charge on any atom is -0.499 e. The summed E-state index contributed by atoms with van der Waals surface area (Å²) in [6.07, 6.45) is 2.09. The summed E-state index contributed by atoms with van der Waals surface area (Å²) < 4.78 is 26.2. The Morgan fingerprint density at radius 2 is 1.52 bits per heavy atom. The summed E-state index contributed by atoms with van der Waals surface area (Å²) in [6.45, 7) is 14.1. The van der Waals surface area contributed by atoms with Crippen molar-refractivity contribution >= 4 is 43.4 Å². The van der Waals surface area contributed by atoms with Crippen LogP contribution in [0.5, 0.6) is 0 Å². The summed E-state index contributed by atoms with van der Waals surface area (Å²) >= 11 is 1.74. The van der Waals surface area contributed by atoms with Gasteiger partial charge < -0.3 is 14.4 Å². The Kier molecular flexibility index (Phi) is 9.47. The first-order chi connectivity index (χ1) is 24.3. The standard InChI is InChI=1S/C33H30NOS.C12H10N.Ir/c1-19-9-7-10-20(2)29(19)27-18-34-28(16-23(27)17-33(4,5)6)26-12-8-11-24-25-14-13-22-15-21(3)36-32(22)31(25)35-30(24)26;1-10-7-8-12(13-9-10)11-5-3-2-4-6-11;/h7-11,13-16,18H,17H2,1-6H3;2-5,7-9H,1H3;/q2*-1;/i17D2;;. The monoisotopic (exact) mass is 851 g/mol. The summed E-state index contributed by atoms with van der Waals surface area (Å²) in [5.74, 6) is 0. The van der Waals surface area contributed by atoms with Crippen LogP contribution in [-0.4, -0.2) is 9.97 Å². The molecule has 0 saturated heterocycles. The largest absolute Gasteiger partial charge is 0.499 e. The van der Waals surface area contributed by atoms with Gasteiger partial charge in [-0.3, -0.25) is 0 Å². The Morgan fingerprint density at radius 3 is 2.22 bits per heavy atom. The molecule has 0 spiro atoms. The van der Waals surface area contributed by atoms with E-state index in [0.29, 0.717) is 11.3 Å². The zero-order chi connectivity index (χ0) is 36.1. The number of rotatable bonds is 4. The fourth-order valence-corrected chi connectivity index (χ4v) is 7.33. The molecule has 0 saturated carbocycles. The number of fused-ring (bicyclic) bond motifs is 5. The Balaban J connectivity index is 0.000000279. The van der Waals surface area contributed by atoms with Crippen molar-refractivity contribution < 1.29 is 27.3 Å². The van der Waals surface area contributed by atoms with E-state index in [9.17, 15) is 2.74 Å². The topological polar surface area (TPSA) is 38.9 Å². The molecule has 0 bridgehead atoms. The first-order valence-electron chi connectivity index (χ1n) is 17.6. The third kappa shape index (κ3) is 7.23. The predicted octanol–water partition coefficient (Wildman–Crippen LogP) is 12.7. The quantitative estimate of drug-likeness (QED) is 0.166. The van der Waals surface area contributed by atoms with Crippen molar-refractivity contribution in [3.05, 3.63) is 143 Å². The molecule has 0 fully saturated rings. The van der Waals surface area contributed by atoms with E-state index in [2.05, 4.69) is 74.3 Å². The van der Waals surface area contributed by atoms with Crippen LogP contribution in [0.2, 0.25) is 0 Å². The Morgan fingerprint density at radius 1 is 0.760 bits per heavy atom. The molecule has 50 heavy (non-hydrogen) atoms. The molecular formula is C45H40IrN2OS-2. The van der Waals surface area contributed by atoms with Gasteiger partial charge in [0.1, 0.15) is 5.58 Å². The van der Waals surface area contributed by atoms with Crippen LogP contribution >= 0.6 is 11.3 Å². The molecule has 5 heteroatoms. The Hall–Kier alpha value is -4.41. The number of nitrogens with zero attached hydrogens (tertiary/aromatic N) is 2. The van der Waals surface area contributed by atoms with Crippen molar-refractivity contribution in [2.24, 2.45) is 5.41 Å². The average molecular weight is 851 g/mol. The van der Waals surface area contributed by atoms with Crippen molar-refractivity contribution in [3.63, 3.8) is 0 Å². The number of aryl methyl sites for hydroxylation is 4. The zero-order valence-corrected chi connectivity index (χ0v) is 32.6.